The van der Waals surface area contributed by atoms with Crippen LogP contribution >= 0.6 is 35.7 Å². The fraction of sp³-hybridized carbons (Fsp3) is 0.581. The summed E-state index contributed by atoms with van der Waals surface area (Å²) in [6, 6.07) is 1.79. The van der Waals surface area contributed by atoms with Gasteiger partial charge >= 0.3 is 17.9 Å². The predicted molar refractivity (Wildman–Crippen MR) is 511 cm³/mol. The largest absolute Gasteiger partial charge is 0.508 e. The van der Waals surface area contributed by atoms with E-state index in [-0.39, 0.29) is 129 Å². The molecule has 0 radical (unpaired) electrons. The minimum Gasteiger partial charge on any atom is -0.508 e. The van der Waals surface area contributed by atoms with Crippen molar-refractivity contribution in [1.29, 1.82) is 0 Å². The van der Waals surface area contributed by atoms with Gasteiger partial charge in [-0.1, -0.05) is 6.07 Å². The maximum Gasteiger partial charge on any atom is 0.336 e. The Bertz CT molecular complexity index is 5040. The average molecular weight is 2140 g/mol. The van der Waals surface area contributed by atoms with Crippen LogP contribution in [0.25, 0.3) is 33.4 Å². The number of carboxylic acid groups (broad SMARTS) is 3. The standard InChI is InChI=1S/C86H127N15O42S3/c87-57(112)19-24-91-75(131)45(9-4-8-23-92-86(144)95-38-13-16-41(44(25-38)85(141)142)62-42-17-14-39(106)26-55(42)143-56-27-40(107)15-18-43(56)62)97-78(134)46(96-59(114)37-146-35-50(77(133)94-29-61(117)118)101-80(136)48(99-84(140)74(130)70(126)66(122)54(111)33-105)12-3-7-22-90-82(138)72(128)68(124)64(120)52(109)31-103)10-1-5-20-88-58(113)36-145-34-49(76(132)93-28-60(115)116)100-79(135)47(98-83(139)73(129)69(125)65(121)53(110)32-104)11-2-6-21-89-81(137)71(127)67(123)63(119)51(108)30-102/h13-18,25-27,45-54,63-74,102-106,108-111,119-130H,1-12,19-24,28-37H2,(H2,87,112)(H,88,113)(H,89,137)(H,90,138)(H,91,131)(H,93,132)(H,94,133)(H,96,114)(H,97,134)(H,98,139)(H,99,140)(H,100,135)(H,101,136)(H,115,116)(H,117,118)(H,141,142)(H2,92,95,144)/t45-,46-,47-,48-,49-,50-,51+,52+,53+,54+,63-,64-,65-,66-,67-,68-,69-,70-,71+,72+,73+,74+/m0/s1. The van der Waals surface area contributed by atoms with Crippen LogP contribution in [-0.2, 0) is 71.9 Å². The number of aliphatic carboxylic acids is 2. The van der Waals surface area contributed by atoms with Crippen LogP contribution in [0.15, 0.2) is 63.8 Å². The number of aromatic hydroxyl groups is 1. The fourth-order valence-corrected chi connectivity index (χ4v) is 15.6. The van der Waals surface area contributed by atoms with Crippen molar-refractivity contribution in [3.05, 3.63) is 70.4 Å². The van der Waals surface area contributed by atoms with Crippen LogP contribution < -0.4 is 85.6 Å². The van der Waals surface area contributed by atoms with Gasteiger partial charge in [0.05, 0.1) is 43.5 Å². The number of phenolic OH excluding ortho intramolecular Hbond substituents is 1. The lowest BCUT2D eigenvalue weighted by atomic mass is 9.90. The molecule has 0 unspecified atom stereocenters. The van der Waals surface area contributed by atoms with Crippen molar-refractivity contribution in [3.63, 3.8) is 0 Å². The third-order valence-electron chi connectivity index (χ3n) is 21.8. The average Bonchev–Trinajstić information content (AvgIpc) is 0.745. The van der Waals surface area contributed by atoms with Crippen LogP contribution in [0, 0.1) is 0 Å². The highest BCUT2D eigenvalue weighted by Crippen LogP contribution is 2.43. The number of rotatable bonds is 70. The highest BCUT2D eigenvalue weighted by molar-refractivity contribution is 8.00. The van der Waals surface area contributed by atoms with Crippen molar-refractivity contribution in [1.82, 2.24) is 69.1 Å². The number of nitrogens with one attached hydrogen (secondary N) is 14. The van der Waals surface area contributed by atoms with E-state index in [0.717, 1.165) is 0 Å². The number of carbonyl (C=O) groups excluding carboxylic acids is 13. The number of aromatic carboxylic acids is 1. The SMILES string of the molecule is NC(=O)CCNC(=O)[C@H](CCCCNC(=S)Nc1ccc(-c2c3ccc(=O)cc-3oc3cc(O)ccc23)c(C(=O)O)c1)NC(=O)[C@H](CCCCNC(=O)CSC[C@H](NC(=O)[C@H](CCCCNC(=O)[C@H](O)[C@@H](O)[C@@H](O)[C@H](O)CO)NC(=O)[C@H](O)[C@@H](O)[C@@H](O)[C@H](O)CO)C(=O)NCC(=O)O)NC(=O)CSC[C@H](NC(=O)[C@H](CCCCNC(=O)[C@H](O)[C@@H](O)[C@@H](O)[C@H](O)CO)NC(=O)[C@H](O)[C@@H](O)[C@@H](O)[C@H](O)CO)C(=O)NCC(=O)O. The summed E-state index contributed by atoms with van der Waals surface area (Å²) < 4.78 is 5.92. The molecule has 1 aliphatic carbocycles. The molecular formula is C86H127N15O42S3. The number of carbonyl (C=O) groups is 16. The molecule has 2 aromatic rings. The van der Waals surface area contributed by atoms with Crippen LogP contribution in [0.4, 0.5) is 5.69 Å². The number of benzene rings is 3. The highest BCUT2D eigenvalue weighted by Gasteiger charge is 2.42. The first-order valence-corrected chi connectivity index (χ1v) is 47.9. The van der Waals surface area contributed by atoms with E-state index in [1.807, 2.05) is 10.6 Å². The molecule has 40 N–H and O–H groups in total. The van der Waals surface area contributed by atoms with Crippen LogP contribution in [0.2, 0.25) is 0 Å². The minimum absolute atomic E-state index is 0.0280. The highest BCUT2D eigenvalue weighted by atomic mass is 32.2. The maximum absolute atomic E-state index is 14.7. The zero-order chi connectivity index (χ0) is 109. The van der Waals surface area contributed by atoms with Gasteiger partial charge in [0, 0.05) is 85.0 Å². The molecule has 22 atom stereocenters. The molecule has 13 amide bonds. The Hall–Kier alpha value is -12.0. The lowest BCUT2D eigenvalue weighted by molar-refractivity contribution is -0.151. The van der Waals surface area contributed by atoms with Crippen LogP contribution in [0.5, 0.6) is 5.75 Å². The lowest BCUT2D eigenvalue weighted by Crippen LogP contribution is -2.58. The molecule has 2 aromatic carbocycles. The lowest BCUT2D eigenvalue weighted by Gasteiger charge is -2.27. The summed E-state index contributed by atoms with van der Waals surface area (Å²) in [5.74, 6) is -22.8. The molecule has 0 saturated carbocycles. The van der Waals surface area contributed by atoms with E-state index >= 15 is 0 Å². The molecule has 57 nitrogen and oxygen atoms in total. The van der Waals surface area contributed by atoms with Crippen molar-refractivity contribution >= 4 is 152 Å². The first-order valence-electron chi connectivity index (χ1n) is 45.2. The molecule has 146 heavy (non-hydrogen) atoms. The van der Waals surface area contributed by atoms with E-state index in [2.05, 4.69) is 63.8 Å². The molecular weight excluding hydrogens is 2010 g/mol. The van der Waals surface area contributed by atoms with E-state index in [9.17, 15) is 194 Å². The summed E-state index contributed by atoms with van der Waals surface area (Å²) >= 11 is 6.74. The van der Waals surface area contributed by atoms with Crippen molar-refractivity contribution in [3.8, 4) is 28.2 Å². The number of unbranched alkanes of at least 4 members (excludes halogenated alkanes) is 4. The second-order valence-electron chi connectivity index (χ2n) is 33.1. The third-order valence-corrected chi connectivity index (χ3v) is 24.1. The first kappa shape index (κ1) is 126. The van der Waals surface area contributed by atoms with E-state index < -0.39 is 322 Å². The monoisotopic (exact) mass is 2140 g/mol. The smallest absolute Gasteiger partial charge is 0.336 e. The quantitative estimate of drug-likeness (QED) is 0.0111. The molecule has 0 aromatic heterocycles. The van der Waals surface area contributed by atoms with Crippen LogP contribution in [0.1, 0.15) is 93.8 Å². The van der Waals surface area contributed by atoms with Gasteiger partial charge in [0.25, 0.3) is 23.6 Å². The molecule has 0 bridgehead atoms. The normalized spacial score (nSPS) is 16.0. The number of thiocarbonyl (C=S) groups is 1. The van der Waals surface area contributed by atoms with Gasteiger partial charge in [-0.3, -0.25) is 76.7 Å². The van der Waals surface area contributed by atoms with Gasteiger partial charge in [0.2, 0.25) is 53.2 Å². The van der Waals surface area contributed by atoms with Gasteiger partial charge < -0.3 is 207 Å². The molecule has 60 heteroatoms. The second-order valence-corrected chi connectivity index (χ2v) is 35.5. The van der Waals surface area contributed by atoms with E-state index in [0.29, 0.717) is 40.0 Å². The summed E-state index contributed by atoms with van der Waals surface area (Å²) in [7, 11) is 0. The summed E-state index contributed by atoms with van der Waals surface area (Å²) in [6.07, 6.45) is -39.9. The topological polar surface area (TPSA) is 983 Å². The number of fused-ring (bicyclic) bond motifs is 2. The van der Waals surface area contributed by atoms with E-state index in [1.165, 1.54) is 54.6 Å². The number of hydrogen-bond acceptors (Lipinski definition) is 42. The third kappa shape index (κ3) is 42.5. The zero-order valence-electron chi connectivity index (χ0n) is 78.1. The van der Waals surface area contributed by atoms with E-state index in [4.69, 9.17) is 32.6 Å². The number of amides is 13. The van der Waals surface area contributed by atoms with Crippen molar-refractivity contribution in [2.45, 2.75) is 217 Å². The molecule has 1 heterocycles. The number of primary amides is 1. The number of hydrogen-bond donors (Lipinski definition) is 39. The molecule has 0 fully saturated rings. The molecule has 0 saturated heterocycles. The fourth-order valence-electron chi connectivity index (χ4n) is 13.6. The number of thioether (sulfide) groups is 2. The van der Waals surface area contributed by atoms with Crippen LogP contribution in [-0.4, -0.2) is 452 Å². The molecule has 2 aliphatic rings. The molecule has 1 aliphatic heterocycles. The Balaban J connectivity index is 1.64. The number of aliphatic hydroxyl groups is 20. The Morgan fingerprint density at radius 1 is 0.370 bits per heavy atom. The van der Waals surface area contributed by atoms with Gasteiger partial charge in [-0.2, -0.15) is 0 Å². The summed E-state index contributed by atoms with van der Waals surface area (Å²) in [4.78, 5) is 225. The van der Waals surface area contributed by atoms with Gasteiger partial charge in [-0.05, 0) is 131 Å². The number of phenols is 1. The predicted octanol–water partition coefficient (Wildman–Crippen LogP) is -15.2. The van der Waals surface area contributed by atoms with E-state index in [1.54, 1.807) is 0 Å². The van der Waals surface area contributed by atoms with Crippen molar-refractivity contribution < 1.29 is 204 Å². The Morgan fingerprint density at radius 3 is 1.14 bits per heavy atom. The first-order chi connectivity index (χ1) is 68.9. The number of anilines is 1. The summed E-state index contributed by atoms with van der Waals surface area (Å²) in [5.41, 5.74) is 5.94. The maximum atomic E-state index is 14.7. The van der Waals surface area contributed by atoms with Gasteiger partial charge in [0.1, 0.15) is 140 Å². The molecule has 0 spiro atoms. The molecule has 816 valence electrons. The van der Waals surface area contributed by atoms with Gasteiger partial charge in [-0.15, -0.1) is 23.5 Å². The Kier molecular flexibility index (Phi) is 56.2. The van der Waals surface area contributed by atoms with Crippen LogP contribution in [0.3, 0.4) is 0 Å². The second kappa shape index (κ2) is 64.9. The van der Waals surface area contributed by atoms with Gasteiger partial charge in [-0.25, -0.2) is 4.79 Å². The summed E-state index contributed by atoms with van der Waals surface area (Å²) in [6.45, 7) is -8.00. The number of aliphatic hydroxyl groups excluding tert-OH is 20. The van der Waals surface area contributed by atoms with Gasteiger partial charge in [0.15, 0.2) is 35.0 Å². The minimum atomic E-state index is -2.68. The van der Waals surface area contributed by atoms with Crippen molar-refractivity contribution in [2.24, 2.45) is 5.73 Å². The summed E-state index contributed by atoms with van der Waals surface area (Å²) in [5, 5.41) is 273. The zero-order valence-corrected chi connectivity index (χ0v) is 80.5. The number of carboxylic acids is 3. The van der Waals surface area contributed by atoms with Crippen molar-refractivity contribution in [2.75, 3.05) is 101 Å². The number of nitrogens with two attached hydrogens (primary N) is 1. The Labute approximate surface area is 843 Å². The molecule has 4 rings (SSSR count). The Morgan fingerprint density at radius 2 is 0.733 bits per heavy atom.